The summed E-state index contributed by atoms with van der Waals surface area (Å²) in [6.07, 6.45) is 1.89. The van der Waals surface area contributed by atoms with Crippen LogP contribution in [-0.2, 0) is 0 Å². The first-order chi connectivity index (χ1) is 15.5. The van der Waals surface area contributed by atoms with Crippen molar-refractivity contribution in [2.75, 3.05) is 7.05 Å². The van der Waals surface area contributed by atoms with Gasteiger partial charge in [0, 0.05) is 48.6 Å². The van der Waals surface area contributed by atoms with Crippen molar-refractivity contribution in [3.05, 3.63) is 42.1 Å². The van der Waals surface area contributed by atoms with Gasteiger partial charge in [-0.05, 0) is 31.0 Å². The van der Waals surface area contributed by atoms with Gasteiger partial charge in [-0.2, -0.15) is 0 Å². The number of pyridine rings is 1. The summed E-state index contributed by atoms with van der Waals surface area (Å²) in [5.41, 5.74) is 1.68. The van der Waals surface area contributed by atoms with E-state index in [1.54, 1.807) is 30.3 Å². The molecule has 3 aromatic rings. The van der Waals surface area contributed by atoms with Gasteiger partial charge in [-0.15, -0.1) is 10.2 Å². The van der Waals surface area contributed by atoms with Gasteiger partial charge in [-0.25, -0.2) is 9.37 Å². The van der Waals surface area contributed by atoms with E-state index in [1.807, 2.05) is 0 Å². The number of phenolic OH excluding ortho intramolecular Hbond substituents is 1. The Morgan fingerprint density at radius 1 is 1.22 bits per heavy atom. The van der Waals surface area contributed by atoms with Crippen LogP contribution < -0.4 is 15.4 Å². The summed E-state index contributed by atoms with van der Waals surface area (Å²) in [6.45, 7) is 0. The van der Waals surface area contributed by atoms with Crippen molar-refractivity contribution in [1.82, 2.24) is 25.8 Å². The molecule has 1 amide bonds. The first kappa shape index (κ1) is 20.6. The van der Waals surface area contributed by atoms with Crippen LogP contribution in [0.25, 0.3) is 22.2 Å². The molecule has 2 saturated heterocycles. The molecule has 4 atom stereocenters. The number of alkyl halides is 1. The molecule has 8 nitrogen and oxygen atoms in total. The molecule has 2 aliphatic heterocycles. The predicted molar refractivity (Wildman–Crippen MR) is 116 cm³/mol. The van der Waals surface area contributed by atoms with Gasteiger partial charge < -0.3 is 20.5 Å². The lowest BCUT2D eigenvalue weighted by Gasteiger charge is -2.42. The second-order valence-corrected chi connectivity index (χ2v) is 8.33. The number of benzene rings is 1. The first-order valence-corrected chi connectivity index (χ1v) is 10.8. The second kappa shape index (κ2) is 8.31. The number of halogens is 1. The van der Waals surface area contributed by atoms with Gasteiger partial charge in [0.25, 0.3) is 5.91 Å². The highest BCUT2D eigenvalue weighted by atomic mass is 19.1. The average molecular weight is 437 g/mol. The number of phenols is 1. The molecule has 2 aliphatic rings. The maximum absolute atomic E-state index is 14.8. The Balaban J connectivity index is 1.36. The molecule has 1 aromatic carbocycles. The van der Waals surface area contributed by atoms with Crippen LogP contribution >= 0.6 is 0 Å². The van der Waals surface area contributed by atoms with E-state index in [9.17, 15) is 14.3 Å². The fourth-order valence-electron chi connectivity index (χ4n) is 4.57. The van der Waals surface area contributed by atoms with E-state index in [1.165, 1.54) is 13.1 Å². The number of carbonyl (C=O) groups excluding carboxylic acids is 1. The highest BCUT2D eigenvalue weighted by Gasteiger charge is 2.41. The van der Waals surface area contributed by atoms with E-state index in [2.05, 4.69) is 25.8 Å². The number of amides is 1. The third-order valence-electron chi connectivity index (χ3n) is 6.23. The molecule has 0 unspecified atom stereocenters. The Labute approximate surface area is 184 Å². The molecule has 4 heterocycles. The quantitative estimate of drug-likeness (QED) is 0.576. The van der Waals surface area contributed by atoms with Gasteiger partial charge >= 0.3 is 0 Å². The molecule has 9 heteroatoms. The molecular weight excluding hydrogens is 413 g/mol. The zero-order valence-corrected chi connectivity index (χ0v) is 17.6. The van der Waals surface area contributed by atoms with Crippen molar-refractivity contribution < 1.29 is 19.0 Å². The van der Waals surface area contributed by atoms with Crippen LogP contribution in [0.15, 0.2) is 36.4 Å². The summed E-state index contributed by atoms with van der Waals surface area (Å²) in [5, 5.41) is 25.4. The minimum Gasteiger partial charge on any atom is -0.507 e. The van der Waals surface area contributed by atoms with E-state index >= 15 is 0 Å². The van der Waals surface area contributed by atoms with Crippen LogP contribution in [0.1, 0.15) is 36.2 Å². The smallest absolute Gasteiger partial charge is 0.269 e. The second-order valence-electron chi connectivity index (χ2n) is 8.33. The number of nitrogens with zero attached hydrogens (tertiary/aromatic N) is 3. The Morgan fingerprint density at radius 3 is 2.88 bits per heavy atom. The lowest BCUT2D eigenvalue weighted by molar-refractivity contribution is 0.00652. The first-order valence-electron chi connectivity index (χ1n) is 10.8. The van der Waals surface area contributed by atoms with Gasteiger partial charge in [0.15, 0.2) is 6.17 Å². The number of rotatable bonds is 4. The number of ether oxygens (including phenoxy) is 1. The predicted octanol–water partition coefficient (Wildman–Crippen LogP) is 2.76. The number of fused-ring (bicyclic) bond motifs is 3. The average Bonchev–Trinajstić information content (AvgIpc) is 2.82. The Hall–Kier alpha value is -3.33. The van der Waals surface area contributed by atoms with Crippen LogP contribution in [0.4, 0.5) is 4.39 Å². The van der Waals surface area contributed by atoms with E-state index in [4.69, 9.17) is 4.74 Å². The fourth-order valence-corrected chi connectivity index (χ4v) is 4.57. The molecule has 166 valence electrons. The van der Waals surface area contributed by atoms with Crippen LogP contribution in [0.2, 0.25) is 0 Å². The summed E-state index contributed by atoms with van der Waals surface area (Å²) >= 11 is 0. The number of aromatic hydroxyl groups is 1. The molecular formula is C23H24FN5O3. The summed E-state index contributed by atoms with van der Waals surface area (Å²) in [4.78, 5) is 16.1. The van der Waals surface area contributed by atoms with Gasteiger partial charge in [0.1, 0.15) is 17.5 Å². The minimum atomic E-state index is -1.08. The van der Waals surface area contributed by atoms with Gasteiger partial charge in [0.05, 0.1) is 11.2 Å². The van der Waals surface area contributed by atoms with Crippen molar-refractivity contribution >= 4 is 16.8 Å². The lowest BCUT2D eigenvalue weighted by atomic mass is 9.84. The van der Waals surface area contributed by atoms with Crippen LogP contribution in [0, 0.1) is 0 Å². The van der Waals surface area contributed by atoms with Crippen molar-refractivity contribution in [2.24, 2.45) is 0 Å². The maximum Gasteiger partial charge on any atom is 0.269 e. The van der Waals surface area contributed by atoms with Gasteiger partial charge in [-0.1, -0.05) is 12.5 Å². The largest absolute Gasteiger partial charge is 0.507 e. The molecule has 0 radical (unpaired) electrons. The molecule has 5 rings (SSSR count). The lowest BCUT2D eigenvalue weighted by Crippen LogP contribution is -2.59. The number of carbonyl (C=O) groups is 1. The molecule has 32 heavy (non-hydrogen) atoms. The Bertz CT molecular complexity index is 1160. The summed E-state index contributed by atoms with van der Waals surface area (Å²) in [5.74, 6) is -0.0691. The number of aromatic nitrogens is 3. The third kappa shape index (κ3) is 3.84. The number of nitrogens with one attached hydrogen (secondary N) is 2. The van der Waals surface area contributed by atoms with Gasteiger partial charge in [-0.3, -0.25) is 4.79 Å². The fraction of sp³-hybridized carbons (Fsp3) is 0.391. The van der Waals surface area contributed by atoms with Crippen molar-refractivity contribution in [2.45, 2.75) is 50.0 Å². The van der Waals surface area contributed by atoms with Crippen molar-refractivity contribution in [1.29, 1.82) is 0 Å². The normalized spacial score (nSPS) is 24.8. The molecule has 0 saturated carbocycles. The van der Waals surface area contributed by atoms with E-state index in [0.717, 1.165) is 24.6 Å². The number of piperidine rings is 2. The zero-order valence-electron chi connectivity index (χ0n) is 17.6. The van der Waals surface area contributed by atoms with Crippen LogP contribution in [0.5, 0.6) is 11.6 Å². The standard InChI is InChI=1S/C23H24FN5O3/c1-25-23(31)17-6-5-12-9-14(19(30)11-18(12)27-17)15-7-8-21(29-28-15)32-20-10-13-3-2-4-16(26-13)22(20)24/h5-9,11,13,16,20,22,26,30H,2-4,10H2,1H3,(H,25,31)/t13-,16+,20-,22+/m0/s1. The van der Waals surface area contributed by atoms with Crippen LogP contribution in [0.3, 0.4) is 0 Å². The molecule has 2 fully saturated rings. The summed E-state index contributed by atoms with van der Waals surface area (Å²) < 4.78 is 20.6. The molecule has 0 spiro atoms. The SMILES string of the molecule is CNC(=O)c1ccc2cc(-c3ccc(O[C@H]4C[C@@H]5CCC[C@@H](N5)[C@H]4F)nn3)c(O)cc2n1. The van der Waals surface area contributed by atoms with E-state index in [0.29, 0.717) is 23.2 Å². The zero-order chi connectivity index (χ0) is 22.2. The Kier molecular flexibility index (Phi) is 5.34. The molecule has 2 bridgehead atoms. The molecule has 0 aliphatic carbocycles. The van der Waals surface area contributed by atoms with Crippen molar-refractivity contribution in [3.8, 4) is 22.9 Å². The summed E-state index contributed by atoms with van der Waals surface area (Å²) in [7, 11) is 1.53. The highest BCUT2D eigenvalue weighted by Crippen LogP contribution is 2.33. The highest BCUT2D eigenvalue weighted by molar-refractivity contribution is 5.96. The number of hydrogen-bond acceptors (Lipinski definition) is 7. The van der Waals surface area contributed by atoms with Crippen molar-refractivity contribution in [3.63, 3.8) is 0 Å². The Morgan fingerprint density at radius 2 is 2.09 bits per heavy atom. The third-order valence-corrected chi connectivity index (χ3v) is 6.23. The van der Waals surface area contributed by atoms with E-state index in [-0.39, 0.29) is 35.3 Å². The number of hydrogen-bond donors (Lipinski definition) is 3. The maximum atomic E-state index is 14.8. The van der Waals surface area contributed by atoms with Crippen LogP contribution in [-0.4, -0.2) is 57.6 Å². The monoisotopic (exact) mass is 437 g/mol. The summed E-state index contributed by atoms with van der Waals surface area (Å²) in [6, 6.07) is 10.1. The topological polar surface area (TPSA) is 109 Å². The minimum absolute atomic E-state index is 0.0305. The molecule has 2 aromatic heterocycles. The van der Waals surface area contributed by atoms with E-state index < -0.39 is 12.3 Å². The molecule has 3 N–H and O–H groups in total. The van der Waals surface area contributed by atoms with Gasteiger partial charge in [0.2, 0.25) is 5.88 Å².